The highest BCUT2D eigenvalue weighted by Gasteiger charge is 2.10. The Kier molecular flexibility index (Phi) is 5.17. The van der Waals surface area contributed by atoms with Crippen LogP contribution in [0.25, 0.3) is 0 Å². The molecule has 0 atom stereocenters. The highest BCUT2D eigenvalue weighted by molar-refractivity contribution is 6.35. The minimum atomic E-state index is -0.0659. The summed E-state index contributed by atoms with van der Waals surface area (Å²) in [6.45, 7) is 0.196. The second kappa shape index (κ2) is 6.89. The average molecular weight is 346 g/mol. The monoisotopic (exact) mass is 344 g/mol. The Morgan fingerprint density at radius 1 is 1.10 bits per heavy atom. The number of hydrogen-bond acceptors (Lipinski definition) is 3. The average Bonchev–Trinajstić information content (AvgIpc) is 2.45. The van der Waals surface area contributed by atoms with Gasteiger partial charge in [0.05, 0.1) is 5.56 Å². The largest absolute Gasteiger partial charge is 0.488 e. The number of nitrogens with two attached hydrogens (primary N) is 1. The predicted octanol–water partition coefficient (Wildman–Crippen LogP) is 4.32. The van der Waals surface area contributed by atoms with Crippen molar-refractivity contribution in [2.75, 3.05) is 0 Å². The maximum atomic E-state index is 8.78. The van der Waals surface area contributed by atoms with E-state index in [0.29, 0.717) is 26.4 Å². The second-order valence-electron chi connectivity index (χ2n) is 4.15. The number of benzene rings is 2. The molecule has 4 nitrogen and oxygen atoms in total. The van der Waals surface area contributed by atoms with Crippen molar-refractivity contribution in [1.29, 1.82) is 0 Å². The van der Waals surface area contributed by atoms with Gasteiger partial charge in [0.25, 0.3) is 0 Å². The summed E-state index contributed by atoms with van der Waals surface area (Å²) in [5.41, 5.74) is 6.79. The molecule has 0 bridgehead atoms. The van der Waals surface area contributed by atoms with E-state index < -0.39 is 0 Å². The van der Waals surface area contributed by atoms with Gasteiger partial charge in [-0.15, -0.1) is 0 Å². The normalized spacial score (nSPS) is 11.5. The molecule has 2 aromatic carbocycles. The summed E-state index contributed by atoms with van der Waals surface area (Å²) in [5.74, 6) is 0.327. The summed E-state index contributed by atoms with van der Waals surface area (Å²) in [4.78, 5) is 0. The number of hydrogen-bond donors (Lipinski definition) is 2. The van der Waals surface area contributed by atoms with Crippen molar-refractivity contribution in [1.82, 2.24) is 0 Å². The van der Waals surface area contributed by atoms with Crippen LogP contribution in [0.1, 0.15) is 11.1 Å². The summed E-state index contributed by atoms with van der Waals surface area (Å²) in [7, 11) is 0. The van der Waals surface area contributed by atoms with E-state index in [0.717, 1.165) is 5.56 Å². The topological polar surface area (TPSA) is 67.8 Å². The summed E-state index contributed by atoms with van der Waals surface area (Å²) < 4.78 is 5.66. The lowest BCUT2D eigenvalue weighted by Crippen LogP contribution is -2.14. The fourth-order valence-corrected chi connectivity index (χ4v) is 2.30. The van der Waals surface area contributed by atoms with Gasteiger partial charge in [-0.05, 0) is 30.3 Å². The summed E-state index contributed by atoms with van der Waals surface area (Å²) in [6.07, 6.45) is 0. The van der Waals surface area contributed by atoms with Crippen LogP contribution >= 0.6 is 34.8 Å². The van der Waals surface area contributed by atoms with Crippen LogP contribution in [-0.2, 0) is 6.61 Å². The Morgan fingerprint density at radius 3 is 2.43 bits per heavy atom. The molecule has 0 aliphatic rings. The molecule has 0 unspecified atom stereocenters. The molecule has 0 amide bonds. The minimum absolute atomic E-state index is 0.0659. The van der Waals surface area contributed by atoms with Crippen molar-refractivity contribution in [2.45, 2.75) is 6.61 Å². The Hall–Kier alpha value is -1.62. The molecule has 0 fully saturated rings. The third-order valence-corrected chi connectivity index (χ3v) is 3.55. The quantitative estimate of drug-likeness (QED) is 0.375. The third-order valence-electron chi connectivity index (χ3n) is 2.73. The van der Waals surface area contributed by atoms with Gasteiger partial charge in [0, 0.05) is 20.6 Å². The third kappa shape index (κ3) is 3.94. The minimum Gasteiger partial charge on any atom is -0.488 e. The van der Waals surface area contributed by atoms with Crippen LogP contribution in [0.5, 0.6) is 5.75 Å². The van der Waals surface area contributed by atoms with Crippen molar-refractivity contribution in [3.05, 3.63) is 62.6 Å². The molecule has 0 saturated carbocycles. The fraction of sp³-hybridized carbons (Fsp3) is 0.0714. The van der Waals surface area contributed by atoms with Gasteiger partial charge in [-0.2, -0.15) is 0 Å². The molecule has 0 saturated heterocycles. The molecule has 7 heteroatoms. The Bertz CT molecular complexity index is 690. The molecular formula is C14H11Cl3N2O2. The lowest BCUT2D eigenvalue weighted by molar-refractivity contribution is 0.303. The zero-order valence-corrected chi connectivity index (χ0v) is 13.0. The lowest BCUT2D eigenvalue weighted by atomic mass is 10.2. The molecule has 0 aliphatic heterocycles. The fourth-order valence-electron chi connectivity index (χ4n) is 1.68. The van der Waals surface area contributed by atoms with Crippen LogP contribution in [0.4, 0.5) is 0 Å². The first kappa shape index (κ1) is 15.8. The first-order chi connectivity index (χ1) is 10.0. The smallest absolute Gasteiger partial charge is 0.173 e. The van der Waals surface area contributed by atoms with Crippen molar-refractivity contribution in [3.63, 3.8) is 0 Å². The maximum Gasteiger partial charge on any atom is 0.173 e. The maximum absolute atomic E-state index is 8.78. The molecule has 2 rings (SSSR count). The Labute approximate surface area is 136 Å². The van der Waals surface area contributed by atoms with E-state index in [1.54, 1.807) is 36.4 Å². The van der Waals surface area contributed by atoms with E-state index in [1.165, 1.54) is 0 Å². The van der Waals surface area contributed by atoms with Crippen LogP contribution in [0.3, 0.4) is 0 Å². The van der Waals surface area contributed by atoms with Crippen molar-refractivity contribution in [3.8, 4) is 5.75 Å². The zero-order valence-electron chi connectivity index (χ0n) is 10.7. The van der Waals surface area contributed by atoms with Crippen LogP contribution in [0.15, 0.2) is 41.6 Å². The molecule has 21 heavy (non-hydrogen) atoms. The van der Waals surface area contributed by atoms with E-state index in [1.807, 2.05) is 0 Å². The highest BCUT2D eigenvalue weighted by atomic mass is 35.5. The molecule has 0 heterocycles. The van der Waals surface area contributed by atoms with Gasteiger partial charge in [-0.3, -0.25) is 0 Å². The van der Waals surface area contributed by atoms with Gasteiger partial charge in [-0.1, -0.05) is 46.0 Å². The van der Waals surface area contributed by atoms with E-state index in [9.17, 15) is 0 Å². The van der Waals surface area contributed by atoms with E-state index in [4.69, 9.17) is 50.5 Å². The van der Waals surface area contributed by atoms with Crippen LogP contribution in [0.2, 0.25) is 15.1 Å². The number of oxime groups is 1. The zero-order chi connectivity index (χ0) is 15.4. The van der Waals surface area contributed by atoms with Gasteiger partial charge in [0.2, 0.25) is 0 Å². The molecule has 0 aromatic heterocycles. The number of ether oxygens (including phenoxy) is 1. The first-order valence-electron chi connectivity index (χ1n) is 5.85. The van der Waals surface area contributed by atoms with Gasteiger partial charge in [-0.25, -0.2) is 0 Å². The van der Waals surface area contributed by atoms with Crippen molar-refractivity contribution in [2.24, 2.45) is 10.9 Å². The SMILES string of the molecule is N/C(=N/O)c1ccc(Cl)cc1OCc1ccc(Cl)cc1Cl. The molecule has 2 aromatic rings. The first-order valence-corrected chi connectivity index (χ1v) is 6.99. The molecule has 110 valence electrons. The summed E-state index contributed by atoms with van der Waals surface area (Å²) in [5, 5.41) is 13.3. The van der Waals surface area contributed by atoms with Crippen LogP contribution < -0.4 is 10.5 Å². The number of amidine groups is 1. The highest BCUT2D eigenvalue weighted by Crippen LogP contribution is 2.26. The predicted molar refractivity (Wildman–Crippen MR) is 84.8 cm³/mol. The Balaban J connectivity index is 2.25. The van der Waals surface area contributed by atoms with Gasteiger partial charge >= 0.3 is 0 Å². The molecule has 3 N–H and O–H groups in total. The summed E-state index contributed by atoms with van der Waals surface area (Å²) >= 11 is 17.8. The number of nitrogens with zero attached hydrogens (tertiary/aromatic N) is 1. The van der Waals surface area contributed by atoms with Crippen molar-refractivity contribution < 1.29 is 9.94 Å². The van der Waals surface area contributed by atoms with Gasteiger partial charge in [0.15, 0.2) is 5.84 Å². The lowest BCUT2D eigenvalue weighted by Gasteiger charge is -2.12. The van der Waals surface area contributed by atoms with Crippen LogP contribution in [0, 0.1) is 0 Å². The molecule has 0 radical (unpaired) electrons. The second-order valence-corrected chi connectivity index (χ2v) is 5.43. The van der Waals surface area contributed by atoms with E-state index in [2.05, 4.69) is 5.16 Å². The summed E-state index contributed by atoms with van der Waals surface area (Å²) in [6, 6.07) is 9.92. The standard InChI is InChI=1S/C14H11Cl3N2O2/c15-9-2-1-8(12(17)5-9)7-21-13-6-10(16)3-4-11(13)14(18)19-20/h1-6,20H,7H2,(H2,18,19). The molecule has 0 spiro atoms. The van der Waals surface area contributed by atoms with Gasteiger partial charge in [0.1, 0.15) is 12.4 Å². The van der Waals surface area contributed by atoms with Crippen molar-refractivity contribution >= 4 is 40.6 Å². The Morgan fingerprint density at radius 2 is 1.76 bits per heavy atom. The number of rotatable bonds is 4. The molecule has 0 aliphatic carbocycles. The van der Waals surface area contributed by atoms with E-state index >= 15 is 0 Å². The van der Waals surface area contributed by atoms with E-state index in [-0.39, 0.29) is 12.4 Å². The van der Waals surface area contributed by atoms with Crippen LogP contribution in [-0.4, -0.2) is 11.0 Å². The van der Waals surface area contributed by atoms with Gasteiger partial charge < -0.3 is 15.7 Å². The number of halogens is 3. The molecular weight excluding hydrogens is 335 g/mol.